The Balaban J connectivity index is 1.49. The Morgan fingerprint density at radius 1 is 1.14 bits per heavy atom. The first-order chi connectivity index (χ1) is 13.9. The van der Waals surface area contributed by atoms with Crippen molar-refractivity contribution in [2.45, 2.75) is 104 Å². The maximum Gasteiger partial charge on any atom is 0.0580 e. The fourth-order valence-corrected chi connectivity index (χ4v) is 8.60. The zero-order valence-corrected chi connectivity index (χ0v) is 19.8. The highest BCUT2D eigenvalue weighted by Gasteiger charge is 2.55. The standard InChI is InChI=1S/C26H43FOS/c1-17(2)6-4-5-7-19-8-11-25-24-14-18(16-29-27)23-15-20(28)9-10-21(23)22(24)12-13-26(19,25)3/h17-20,22,24-25,28H,4-16H2,1-3H3. The first-order valence-electron chi connectivity index (χ1n) is 12.6. The Morgan fingerprint density at radius 3 is 2.72 bits per heavy atom. The number of fused-ring (bicyclic) bond motifs is 4. The molecule has 0 aromatic carbocycles. The molecule has 7 unspecified atom stereocenters. The predicted octanol–water partition coefficient (Wildman–Crippen LogP) is 7.74. The number of allylic oxidation sites excluding steroid dienone is 1. The summed E-state index contributed by atoms with van der Waals surface area (Å²) in [5.41, 5.74) is 3.67. The van der Waals surface area contributed by atoms with Crippen molar-refractivity contribution in [1.29, 1.82) is 0 Å². The van der Waals surface area contributed by atoms with E-state index in [1.54, 1.807) is 5.57 Å². The zero-order valence-electron chi connectivity index (χ0n) is 19.0. The largest absolute Gasteiger partial charge is 0.393 e. The van der Waals surface area contributed by atoms with Gasteiger partial charge in [-0.05, 0) is 98.7 Å². The van der Waals surface area contributed by atoms with E-state index in [4.69, 9.17) is 0 Å². The van der Waals surface area contributed by atoms with Crippen LogP contribution in [0.2, 0.25) is 0 Å². The van der Waals surface area contributed by atoms with Crippen LogP contribution in [-0.4, -0.2) is 17.0 Å². The van der Waals surface area contributed by atoms with Crippen molar-refractivity contribution < 1.29 is 8.99 Å². The average molecular weight is 423 g/mol. The minimum atomic E-state index is -0.187. The summed E-state index contributed by atoms with van der Waals surface area (Å²) in [6.45, 7) is 7.31. The molecule has 166 valence electrons. The molecule has 0 amide bonds. The van der Waals surface area contributed by atoms with Crippen LogP contribution < -0.4 is 0 Å². The van der Waals surface area contributed by atoms with Gasteiger partial charge in [0.2, 0.25) is 0 Å². The summed E-state index contributed by atoms with van der Waals surface area (Å²) in [6, 6.07) is 0. The van der Waals surface area contributed by atoms with Gasteiger partial charge in [-0.2, -0.15) is 3.89 Å². The average Bonchev–Trinajstić information content (AvgIpc) is 3.02. The summed E-state index contributed by atoms with van der Waals surface area (Å²) in [7, 11) is 0. The summed E-state index contributed by atoms with van der Waals surface area (Å²) in [5, 5.41) is 10.3. The topological polar surface area (TPSA) is 20.2 Å². The maximum absolute atomic E-state index is 13.3. The van der Waals surface area contributed by atoms with Gasteiger partial charge in [-0.25, -0.2) is 0 Å². The van der Waals surface area contributed by atoms with E-state index in [9.17, 15) is 8.99 Å². The van der Waals surface area contributed by atoms with Gasteiger partial charge in [-0.15, -0.1) is 0 Å². The van der Waals surface area contributed by atoms with Crippen LogP contribution in [0.1, 0.15) is 97.8 Å². The lowest BCUT2D eigenvalue weighted by Gasteiger charge is -2.54. The van der Waals surface area contributed by atoms with Crippen molar-refractivity contribution >= 4 is 12.1 Å². The molecular weight excluding hydrogens is 379 g/mol. The SMILES string of the molecule is CC(C)CCCCC1CCC2C3CC(CSF)C4=C(CCC(O)C4)C3CCC12C. The van der Waals surface area contributed by atoms with E-state index in [0.29, 0.717) is 29.2 Å². The predicted molar refractivity (Wildman–Crippen MR) is 122 cm³/mol. The fourth-order valence-electron chi connectivity index (χ4n) is 8.11. The second-order valence-electron chi connectivity index (χ2n) is 11.5. The van der Waals surface area contributed by atoms with Crippen LogP contribution in [-0.2, 0) is 0 Å². The molecule has 4 aliphatic rings. The normalized spacial score (nSPS) is 42.0. The van der Waals surface area contributed by atoms with Crippen LogP contribution in [0.5, 0.6) is 0 Å². The summed E-state index contributed by atoms with van der Waals surface area (Å²) in [6.07, 6.45) is 15.0. The molecule has 0 spiro atoms. The van der Waals surface area contributed by atoms with Crippen LogP contribution in [0.4, 0.5) is 3.89 Å². The van der Waals surface area contributed by atoms with Crippen molar-refractivity contribution in [3.05, 3.63) is 11.1 Å². The molecular formula is C26H43FOS. The third-order valence-corrected chi connectivity index (χ3v) is 10.1. The molecule has 0 radical (unpaired) electrons. The summed E-state index contributed by atoms with van der Waals surface area (Å²) >= 11 is 0.529. The molecule has 2 fully saturated rings. The first kappa shape index (κ1) is 22.2. The Bertz CT molecular complexity index is 602. The minimum absolute atomic E-state index is 0.187. The molecule has 1 N–H and O–H groups in total. The van der Waals surface area contributed by atoms with E-state index < -0.39 is 0 Å². The van der Waals surface area contributed by atoms with Crippen molar-refractivity contribution in [2.24, 2.45) is 40.9 Å². The van der Waals surface area contributed by atoms with Gasteiger partial charge < -0.3 is 5.11 Å². The van der Waals surface area contributed by atoms with Gasteiger partial charge in [-0.3, -0.25) is 0 Å². The highest BCUT2D eigenvalue weighted by molar-refractivity contribution is 7.94. The first-order valence-corrected chi connectivity index (χ1v) is 13.5. The molecule has 1 nitrogen and oxygen atoms in total. The molecule has 0 aromatic rings. The van der Waals surface area contributed by atoms with Crippen molar-refractivity contribution in [1.82, 2.24) is 0 Å². The van der Waals surface area contributed by atoms with Gasteiger partial charge in [0.1, 0.15) is 0 Å². The van der Waals surface area contributed by atoms with Crippen molar-refractivity contribution in [3.8, 4) is 0 Å². The third kappa shape index (κ3) is 4.34. The lowest BCUT2D eigenvalue weighted by molar-refractivity contribution is 0.00123. The minimum Gasteiger partial charge on any atom is -0.393 e. The molecule has 0 bridgehead atoms. The summed E-state index contributed by atoms with van der Waals surface area (Å²) < 4.78 is 13.3. The Kier molecular flexibility index (Phi) is 7.06. The lowest BCUT2D eigenvalue weighted by Crippen LogP contribution is -2.46. The van der Waals surface area contributed by atoms with Gasteiger partial charge in [0.25, 0.3) is 0 Å². The van der Waals surface area contributed by atoms with E-state index >= 15 is 0 Å². The number of unbranched alkanes of at least 4 members (excludes halogenated alkanes) is 1. The Morgan fingerprint density at radius 2 is 1.97 bits per heavy atom. The van der Waals surface area contributed by atoms with Crippen molar-refractivity contribution in [3.63, 3.8) is 0 Å². The van der Waals surface area contributed by atoms with Gasteiger partial charge in [-0.1, -0.05) is 51.2 Å². The van der Waals surface area contributed by atoms with Gasteiger partial charge >= 0.3 is 0 Å². The van der Waals surface area contributed by atoms with Crippen LogP contribution in [0.25, 0.3) is 0 Å². The molecule has 3 heteroatoms. The smallest absolute Gasteiger partial charge is 0.0580 e. The summed E-state index contributed by atoms with van der Waals surface area (Å²) in [4.78, 5) is 0. The quantitative estimate of drug-likeness (QED) is 0.334. The van der Waals surface area contributed by atoms with Gasteiger partial charge in [0.15, 0.2) is 0 Å². The number of aliphatic hydroxyl groups is 1. The van der Waals surface area contributed by atoms with Gasteiger partial charge in [0, 0.05) is 17.9 Å². The number of aliphatic hydroxyl groups excluding tert-OH is 1. The lowest BCUT2D eigenvalue weighted by atomic mass is 9.51. The highest BCUT2D eigenvalue weighted by Crippen LogP contribution is 2.64. The van der Waals surface area contributed by atoms with E-state index in [-0.39, 0.29) is 6.10 Å². The van der Waals surface area contributed by atoms with Gasteiger partial charge in [0.05, 0.1) is 6.10 Å². The molecule has 4 rings (SSSR count). The molecule has 0 aliphatic heterocycles. The molecule has 7 atom stereocenters. The van der Waals surface area contributed by atoms with E-state index in [2.05, 4.69) is 20.8 Å². The second-order valence-corrected chi connectivity index (χ2v) is 12.1. The van der Waals surface area contributed by atoms with Crippen molar-refractivity contribution in [2.75, 3.05) is 5.75 Å². The molecule has 29 heavy (non-hydrogen) atoms. The number of hydrogen-bond acceptors (Lipinski definition) is 2. The Hall–Kier alpha value is -0.0200. The molecule has 4 aliphatic carbocycles. The highest BCUT2D eigenvalue weighted by atomic mass is 32.2. The number of rotatable bonds is 7. The molecule has 0 saturated heterocycles. The summed E-state index contributed by atoms with van der Waals surface area (Å²) in [5.74, 6) is 5.11. The molecule has 2 saturated carbocycles. The van der Waals surface area contributed by atoms with Crippen LogP contribution in [0.15, 0.2) is 11.1 Å². The Labute approximate surface area is 183 Å². The van der Waals surface area contributed by atoms with Crippen LogP contribution in [0, 0.1) is 40.9 Å². The molecule has 0 heterocycles. The number of hydrogen-bond donors (Lipinski definition) is 1. The van der Waals surface area contributed by atoms with Crippen LogP contribution >= 0.6 is 12.1 Å². The fraction of sp³-hybridized carbons (Fsp3) is 0.923. The van der Waals surface area contributed by atoms with E-state index in [1.807, 2.05) is 0 Å². The maximum atomic E-state index is 13.3. The third-order valence-electron chi connectivity index (χ3n) is 9.59. The van der Waals surface area contributed by atoms with E-state index in [0.717, 1.165) is 48.9 Å². The van der Waals surface area contributed by atoms with Crippen LogP contribution in [0.3, 0.4) is 0 Å². The number of halogens is 1. The second kappa shape index (κ2) is 9.23. The van der Waals surface area contributed by atoms with E-state index in [1.165, 1.54) is 63.4 Å². The zero-order chi connectivity index (χ0) is 20.6. The molecule has 0 aromatic heterocycles. The monoisotopic (exact) mass is 422 g/mol.